The van der Waals surface area contributed by atoms with Gasteiger partial charge in [-0.1, -0.05) is 12.1 Å². The molecule has 0 saturated carbocycles. The molecule has 1 aliphatic rings. The third-order valence-corrected chi connectivity index (χ3v) is 3.03. The van der Waals surface area contributed by atoms with Gasteiger partial charge in [0.2, 0.25) is 0 Å². The second-order valence-electron chi connectivity index (χ2n) is 4.28. The molecule has 2 heterocycles. The van der Waals surface area contributed by atoms with Gasteiger partial charge in [-0.25, -0.2) is 0 Å². The maximum atomic E-state index is 11.8. The summed E-state index contributed by atoms with van der Waals surface area (Å²) in [7, 11) is 0. The van der Waals surface area contributed by atoms with Gasteiger partial charge >= 0.3 is 0 Å². The second-order valence-corrected chi connectivity index (χ2v) is 4.28. The molecule has 102 valence electrons. The van der Waals surface area contributed by atoms with E-state index in [-0.39, 0.29) is 19.1 Å². The number of amides is 1. The standard InChI is InChI=1S/C12H12N2O2.C2H6O/c15-7-8-6-14-5-4-13-12(16)10-3-1-2-9(8)11(10)14;1-2-3/h1-3,6,15H,4-5,7H2,(H,13,16);3H,2H2,1H3. The molecule has 1 amide bonds. The third-order valence-electron chi connectivity index (χ3n) is 3.03. The maximum Gasteiger partial charge on any atom is 0.253 e. The molecule has 0 bridgehead atoms. The summed E-state index contributed by atoms with van der Waals surface area (Å²) >= 11 is 0. The van der Waals surface area contributed by atoms with E-state index < -0.39 is 0 Å². The van der Waals surface area contributed by atoms with Gasteiger partial charge in [0.15, 0.2) is 0 Å². The van der Waals surface area contributed by atoms with E-state index in [1.165, 1.54) is 0 Å². The van der Waals surface area contributed by atoms with Crippen LogP contribution in [0.15, 0.2) is 24.4 Å². The quantitative estimate of drug-likeness (QED) is 0.714. The zero-order valence-electron chi connectivity index (χ0n) is 10.9. The van der Waals surface area contributed by atoms with E-state index in [4.69, 9.17) is 5.11 Å². The summed E-state index contributed by atoms with van der Waals surface area (Å²) in [6, 6.07) is 5.62. The summed E-state index contributed by atoms with van der Waals surface area (Å²) in [6.07, 6.45) is 1.93. The fourth-order valence-corrected chi connectivity index (χ4v) is 2.30. The van der Waals surface area contributed by atoms with Gasteiger partial charge in [0.1, 0.15) is 0 Å². The Bertz CT molecular complexity index is 590. The largest absolute Gasteiger partial charge is 0.397 e. The molecule has 3 rings (SSSR count). The predicted octanol–water partition coefficient (Wildman–Crippen LogP) is 0.876. The Kier molecular flexibility index (Phi) is 4.19. The van der Waals surface area contributed by atoms with Gasteiger partial charge in [0.05, 0.1) is 17.7 Å². The fraction of sp³-hybridized carbons (Fsp3) is 0.357. The minimum Gasteiger partial charge on any atom is -0.397 e. The Hall–Kier alpha value is -1.85. The highest BCUT2D eigenvalue weighted by Crippen LogP contribution is 2.26. The average molecular weight is 262 g/mol. The smallest absolute Gasteiger partial charge is 0.253 e. The van der Waals surface area contributed by atoms with Gasteiger partial charge in [-0.05, 0) is 13.0 Å². The van der Waals surface area contributed by atoms with E-state index in [1.807, 2.05) is 29.0 Å². The van der Waals surface area contributed by atoms with Crippen LogP contribution in [0.3, 0.4) is 0 Å². The van der Waals surface area contributed by atoms with Crippen molar-refractivity contribution in [2.24, 2.45) is 0 Å². The molecule has 0 spiro atoms. The van der Waals surface area contributed by atoms with Crippen molar-refractivity contribution in [2.75, 3.05) is 13.2 Å². The van der Waals surface area contributed by atoms with Crippen molar-refractivity contribution < 1.29 is 15.0 Å². The van der Waals surface area contributed by atoms with Crippen LogP contribution < -0.4 is 5.32 Å². The second kappa shape index (κ2) is 5.86. The lowest BCUT2D eigenvalue weighted by atomic mass is 10.1. The minimum atomic E-state index is -0.0352. The molecule has 19 heavy (non-hydrogen) atoms. The van der Waals surface area contributed by atoms with Crippen LogP contribution in [0.25, 0.3) is 10.9 Å². The molecule has 2 aromatic rings. The van der Waals surface area contributed by atoms with Crippen molar-refractivity contribution >= 4 is 16.8 Å². The lowest BCUT2D eigenvalue weighted by Crippen LogP contribution is -2.24. The number of nitrogens with one attached hydrogen (secondary N) is 1. The number of carbonyl (C=O) groups excluding carboxylic acids is 1. The first kappa shape index (κ1) is 13.6. The van der Waals surface area contributed by atoms with E-state index in [2.05, 4.69) is 5.32 Å². The number of hydrogen-bond acceptors (Lipinski definition) is 3. The molecule has 0 aliphatic carbocycles. The van der Waals surface area contributed by atoms with E-state index in [9.17, 15) is 9.90 Å². The molecule has 1 aromatic heterocycles. The number of hydrogen-bond donors (Lipinski definition) is 3. The molecule has 1 aromatic carbocycles. The Morgan fingerprint density at radius 2 is 2.11 bits per heavy atom. The van der Waals surface area contributed by atoms with Crippen LogP contribution in [0.1, 0.15) is 22.8 Å². The minimum absolute atomic E-state index is 0.00850. The highest BCUT2D eigenvalue weighted by molar-refractivity contribution is 6.07. The lowest BCUT2D eigenvalue weighted by Gasteiger charge is -2.01. The van der Waals surface area contributed by atoms with Gasteiger partial charge in [-0.2, -0.15) is 0 Å². The highest BCUT2D eigenvalue weighted by atomic mass is 16.3. The summed E-state index contributed by atoms with van der Waals surface area (Å²) in [4.78, 5) is 11.8. The summed E-state index contributed by atoms with van der Waals surface area (Å²) in [5, 5.41) is 20.7. The van der Waals surface area contributed by atoms with Gasteiger partial charge < -0.3 is 20.1 Å². The number of para-hydroxylation sites is 1. The number of benzene rings is 1. The first-order valence-corrected chi connectivity index (χ1v) is 6.33. The van der Waals surface area contributed by atoms with E-state index in [0.717, 1.165) is 23.0 Å². The van der Waals surface area contributed by atoms with Crippen molar-refractivity contribution in [3.05, 3.63) is 35.5 Å². The van der Waals surface area contributed by atoms with Crippen molar-refractivity contribution in [1.29, 1.82) is 0 Å². The van der Waals surface area contributed by atoms with E-state index in [1.54, 1.807) is 6.92 Å². The van der Waals surface area contributed by atoms with Crippen LogP contribution in [0, 0.1) is 0 Å². The van der Waals surface area contributed by atoms with E-state index >= 15 is 0 Å². The van der Waals surface area contributed by atoms with Gasteiger partial charge in [-0.15, -0.1) is 0 Å². The Morgan fingerprint density at radius 3 is 2.79 bits per heavy atom. The molecule has 5 nitrogen and oxygen atoms in total. The Morgan fingerprint density at radius 1 is 1.37 bits per heavy atom. The summed E-state index contributed by atoms with van der Waals surface area (Å²) in [5.74, 6) is -0.0352. The average Bonchev–Trinajstić information content (AvgIpc) is 2.69. The summed E-state index contributed by atoms with van der Waals surface area (Å²) in [6.45, 7) is 3.32. The third kappa shape index (κ3) is 2.47. The number of aromatic nitrogens is 1. The molecule has 5 heteroatoms. The van der Waals surface area contributed by atoms with Gasteiger partial charge in [-0.3, -0.25) is 4.79 Å². The monoisotopic (exact) mass is 262 g/mol. The lowest BCUT2D eigenvalue weighted by molar-refractivity contribution is 0.0956. The molecular formula is C14H18N2O3. The van der Waals surface area contributed by atoms with Crippen LogP contribution in [-0.4, -0.2) is 33.8 Å². The van der Waals surface area contributed by atoms with Crippen LogP contribution in [-0.2, 0) is 13.2 Å². The molecule has 0 radical (unpaired) electrons. The first-order chi connectivity index (χ1) is 9.22. The van der Waals surface area contributed by atoms with Crippen LogP contribution in [0.2, 0.25) is 0 Å². The summed E-state index contributed by atoms with van der Waals surface area (Å²) in [5.41, 5.74) is 2.50. The SMILES string of the molecule is CCO.O=C1NCCn2cc(CO)c3cccc1c32. The van der Waals surface area contributed by atoms with Crippen molar-refractivity contribution in [1.82, 2.24) is 9.88 Å². The number of aliphatic hydroxyl groups is 2. The number of nitrogens with zero attached hydrogens (tertiary/aromatic N) is 1. The number of carbonyl (C=O) groups is 1. The molecule has 0 fully saturated rings. The van der Waals surface area contributed by atoms with E-state index in [0.29, 0.717) is 12.1 Å². The van der Waals surface area contributed by atoms with Crippen molar-refractivity contribution in [3.8, 4) is 0 Å². The normalized spacial score (nSPS) is 13.5. The molecule has 1 aliphatic heterocycles. The summed E-state index contributed by atoms with van der Waals surface area (Å²) < 4.78 is 2.04. The zero-order chi connectivity index (χ0) is 13.8. The van der Waals surface area contributed by atoms with Crippen molar-refractivity contribution in [3.63, 3.8) is 0 Å². The predicted molar refractivity (Wildman–Crippen MR) is 73.0 cm³/mol. The Balaban J connectivity index is 0.000000408. The zero-order valence-corrected chi connectivity index (χ0v) is 10.9. The van der Waals surface area contributed by atoms with Crippen LogP contribution >= 0.6 is 0 Å². The highest BCUT2D eigenvalue weighted by Gasteiger charge is 2.18. The molecule has 3 N–H and O–H groups in total. The van der Waals surface area contributed by atoms with Crippen LogP contribution in [0.4, 0.5) is 0 Å². The van der Waals surface area contributed by atoms with Crippen molar-refractivity contribution in [2.45, 2.75) is 20.1 Å². The Labute approximate surface area is 111 Å². The van der Waals surface area contributed by atoms with Crippen LogP contribution in [0.5, 0.6) is 0 Å². The van der Waals surface area contributed by atoms with Gasteiger partial charge in [0.25, 0.3) is 5.91 Å². The fourth-order valence-electron chi connectivity index (χ4n) is 2.30. The molecule has 0 atom stereocenters. The number of rotatable bonds is 1. The maximum absolute atomic E-state index is 11.8. The van der Waals surface area contributed by atoms with Gasteiger partial charge in [0, 0.05) is 36.8 Å². The number of aliphatic hydroxyl groups excluding tert-OH is 2. The topological polar surface area (TPSA) is 74.5 Å². The molecule has 0 saturated heterocycles. The molecule has 0 unspecified atom stereocenters. The molecular weight excluding hydrogens is 244 g/mol. The first-order valence-electron chi connectivity index (χ1n) is 6.33.